The first-order valence-electron chi connectivity index (χ1n) is 18.3. The van der Waals surface area contributed by atoms with Gasteiger partial charge in [-0.15, -0.1) is 0 Å². The number of anilines is 3. The molecule has 0 aliphatic heterocycles. The average Bonchev–Trinajstić information content (AvgIpc) is 3.15. The van der Waals surface area contributed by atoms with Gasteiger partial charge >= 0.3 is 0 Å². The zero-order valence-electron chi connectivity index (χ0n) is 31.2. The van der Waals surface area contributed by atoms with E-state index in [1.807, 2.05) is 36.5 Å². The third-order valence-electron chi connectivity index (χ3n) is 9.90. The van der Waals surface area contributed by atoms with E-state index in [9.17, 15) is 5.11 Å². The summed E-state index contributed by atoms with van der Waals surface area (Å²) in [6, 6.07) is 46.5. The number of hydrogen-bond acceptors (Lipinski definition) is 4. The maximum Gasteiger partial charge on any atom is 0.137 e. The summed E-state index contributed by atoms with van der Waals surface area (Å²) in [6.07, 6.45) is 1.85. The Labute approximate surface area is 308 Å². The summed E-state index contributed by atoms with van der Waals surface area (Å²) in [5.41, 5.74) is 11.1. The van der Waals surface area contributed by atoms with Gasteiger partial charge in [0.2, 0.25) is 0 Å². The molecule has 7 aromatic rings. The molecular weight excluding hydrogens is 635 g/mol. The summed E-state index contributed by atoms with van der Waals surface area (Å²) in [5, 5.41) is 13.5. The molecule has 0 unspecified atom stereocenters. The van der Waals surface area contributed by atoms with Gasteiger partial charge in [0.1, 0.15) is 11.6 Å². The molecule has 0 spiro atoms. The van der Waals surface area contributed by atoms with Crippen molar-refractivity contribution in [2.24, 2.45) is 0 Å². The number of nitrogens with zero attached hydrogens (tertiary/aromatic N) is 3. The van der Waals surface area contributed by atoms with Crippen molar-refractivity contribution in [1.29, 1.82) is 0 Å². The Balaban J connectivity index is 1.48. The second-order valence-electron chi connectivity index (χ2n) is 15.3. The minimum absolute atomic E-state index is 0.149. The molecule has 0 saturated carbocycles. The smallest absolute Gasteiger partial charge is 0.137 e. The number of rotatable bonds is 8. The first-order chi connectivity index (χ1) is 25.0. The average molecular weight is 682 g/mol. The Morgan fingerprint density at radius 1 is 0.615 bits per heavy atom. The van der Waals surface area contributed by atoms with E-state index in [0.717, 1.165) is 50.7 Å². The van der Waals surface area contributed by atoms with Gasteiger partial charge < -0.3 is 5.11 Å². The van der Waals surface area contributed by atoms with Gasteiger partial charge in [-0.2, -0.15) is 0 Å². The highest BCUT2D eigenvalue weighted by molar-refractivity contribution is 5.99. The number of aromatic nitrogens is 2. The van der Waals surface area contributed by atoms with Crippen LogP contribution in [0.1, 0.15) is 77.0 Å². The van der Waals surface area contributed by atoms with Crippen LogP contribution in [0.4, 0.5) is 17.2 Å². The summed E-state index contributed by atoms with van der Waals surface area (Å²) in [4.78, 5) is 12.5. The van der Waals surface area contributed by atoms with Crippen LogP contribution in [0.2, 0.25) is 0 Å². The molecular formula is C48H47N3O. The fraction of sp³-hybridized carbons (Fsp3) is 0.208. The lowest BCUT2D eigenvalue weighted by atomic mass is 9.85. The van der Waals surface area contributed by atoms with E-state index in [1.165, 1.54) is 22.1 Å². The van der Waals surface area contributed by atoms with Crippen molar-refractivity contribution in [3.05, 3.63) is 156 Å². The normalized spacial score (nSPS) is 11.8. The minimum atomic E-state index is -0.149. The van der Waals surface area contributed by atoms with Crippen LogP contribution in [0.25, 0.3) is 44.4 Å². The molecule has 2 aromatic heterocycles. The molecule has 0 radical (unpaired) electrons. The quantitative estimate of drug-likeness (QED) is 0.173. The zero-order chi connectivity index (χ0) is 36.6. The van der Waals surface area contributed by atoms with E-state index in [1.54, 1.807) is 6.07 Å². The molecule has 5 aromatic carbocycles. The molecule has 0 saturated heterocycles. The molecule has 7 rings (SSSR count). The van der Waals surface area contributed by atoms with E-state index >= 15 is 0 Å². The van der Waals surface area contributed by atoms with Crippen LogP contribution in [0.15, 0.2) is 140 Å². The van der Waals surface area contributed by atoms with Crippen molar-refractivity contribution in [1.82, 2.24) is 9.97 Å². The molecule has 0 aliphatic rings. The van der Waals surface area contributed by atoms with Crippen molar-refractivity contribution in [2.45, 2.75) is 65.7 Å². The van der Waals surface area contributed by atoms with Gasteiger partial charge in [0, 0.05) is 34.0 Å². The molecule has 52 heavy (non-hydrogen) atoms. The lowest BCUT2D eigenvalue weighted by Gasteiger charge is -2.29. The Kier molecular flexibility index (Phi) is 9.42. The Hall–Kier alpha value is -5.74. The second-order valence-corrected chi connectivity index (χ2v) is 15.3. The standard InChI is InChI=1S/C48H47N3O/c1-31(2)34-25-35(32(3)4)27-36(26-34)41-22-23-43(50-47(41)42-18-10-11-20-45(42)52)37-28-38(48(5,6)7)30-39(29-37)51(46-21-12-13-24-49-46)44-19-14-16-33-15-8-9-17-40(33)44/h8-32,52H,1-7H3. The molecule has 0 amide bonds. The monoisotopic (exact) mass is 681 g/mol. The van der Waals surface area contributed by atoms with Gasteiger partial charge in [-0.1, -0.05) is 127 Å². The Morgan fingerprint density at radius 2 is 1.31 bits per heavy atom. The number of para-hydroxylation sites is 1. The first-order valence-corrected chi connectivity index (χ1v) is 18.3. The van der Waals surface area contributed by atoms with E-state index in [0.29, 0.717) is 17.4 Å². The highest BCUT2D eigenvalue weighted by atomic mass is 16.3. The number of fused-ring (bicyclic) bond motifs is 1. The number of phenolic OH excluding ortho intramolecular Hbond substituents is 1. The summed E-state index contributed by atoms with van der Waals surface area (Å²) >= 11 is 0. The van der Waals surface area contributed by atoms with Gasteiger partial charge in [0.15, 0.2) is 0 Å². The molecule has 0 atom stereocenters. The minimum Gasteiger partial charge on any atom is -0.507 e. The van der Waals surface area contributed by atoms with E-state index in [-0.39, 0.29) is 11.2 Å². The van der Waals surface area contributed by atoms with Gasteiger partial charge in [-0.25, -0.2) is 9.97 Å². The van der Waals surface area contributed by atoms with Crippen LogP contribution in [0, 0.1) is 0 Å². The van der Waals surface area contributed by atoms with Crippen molar-refractivity contribution >= 4 is 28.0 Å². The predicted molar refractivity (Wildman–Crippen MR) is 219 cm³/mol. The van der Waals surface area contributed by atoms with Crippen LogP contribution >= 0.6 is 0 Å². The van der Waals surface area contributed by atoms with Crippen LogP contribution in [0.5, 0.6) is 5.75 Å². The topological polar surface area (TPSA) is 49.2 Å². The van der Waals surface area contributed by atoms with E-state index in [2.05, 4.69) is 150 Å². The van der Waals surface area contributed by atoms with Gasteiger partial charge in [-0.05, 0) is 99.5 Å². The second kappa shape index (κ2) is 14.1. The van der Waals surface area contributed by atoms with Gasteiger partial charge in [-0.3, -0.25) is 4.90 Å². The van der Waals surface area contributed by atoms with Crippen molar-refractivity contribution in [3.63, 3.8) is 0 Å². The number of hydrogen-bond donors (Lipinski definition) is 1. The number of pyridine rings is 2. The number of benzene rings is 5. The molecule has 4 heteroatoms. The summed E-state index contributed by atoms with van der Waals surface area (Å²) < 4.78 is 0. The predicted octanol–water partition coefficient (Wildman–Crippen LogP) is 13.4. The molecule has 0 fully saturated rings. The molecule has 4 nitrogen and oxygen atoms in total. The van der Waals surface area contributed by atoms with Crippen LogP contribution in [0.3, 0.4) is 0 Å². The molecule has 2 heterocycles. The van der Waals surface area contributed by atoms with Crippen molar-refractivity contribution < 1.29 is 5.11 Å². The third kappa shape index (κ3) is 6.94. The van der Waals surface area contributed by atoms with Gasteiger partial charge in [0.25, 0.3) is 0 Å². The highest BCUT2D eigenvalue weighted by Gasteiger charge is 2.23. The molecule has 0 aliphatic carbocycles. The first kappa shape index (κ1) is 34.7. The SMILES string of the molecule is CC(C)c1cc(-c2ccc(-c3cc(N(c4ccccn4)c4cccc5ccccc45)cc(C(C)(C)C)c3)nc2-c2ccccc2O)cc(C(C)C)c1. The van der Waals surface area contributed by atoms with Crippen LogP contribution in [-0.2, 0) is 5.41 Å². The summed E-state index contributed by atoms with van der Waals surface area (Å²) in [6.45, 7) is 15.7. The lowest BCUT2D eigenvalue weighted by molar-refractivity contribution is 0.477. The number of phenols is 1. The number of aromatic hydroxyl groups is 1. The molecule has 0 bridgehead atoms. The zero-order valence-corrected chi connectivity index (χ0v) is 31.2. The Bertz CT molecular complexity index is 2340. The van der Waals surface area contributed by atoms with E-state index < -0.39 is 0 Å². The van der Waals surface area contributed by atoms with E-state index in [4.69, 9.17) is 9.97 Å². The Morgan fingerprint density at radius 3 is 2.00 bits per heavy atom. The van der Waals surface area contributed by atoms with Crippen molar-refractivity contribution in [3.8, 4) is 39.4 Å². The van der Waals surface area contributed by atoms with Crippen LogP contribution in [-0.4, -0.2) is 15.1 Å². The fourth-order valence-corrected chi connectivity index (χ4v) is 6.84. The maximum atomic E-state index is 11.2. The highest BCUT2D eigenvalue weighted by Crippen LogP contribution is 2.43. The summed E-state index contributed by atoms with van der Waals surface area (Å²) in [7, 11) is 0. The van der Waals surface area contributed by atoms with Crippen LogP contribution < -0.4 is 4.90 Å². The largest absolute Gasteiger partial charge is 0.507 e. The molecule has 260 valence electrons. The van der Waals surface area contributed by atoms with Gasteiger partial charge in [0.05, 0.1) is 17.1 Å². The fourth-order valence-electron chi connectivity index (χ4n) is 6.84. The van der Waals surface area contributed by atoms with Crippen molar-refractivity contribution in [2.75, 3.05) is 4.90 Å². The third-order valence-corrected chi connectivity index (χ3v) is 9.90. The summed E-state index contributed by atoms with van der Waals surface area (Å²) in [5.74, 6) is 1.79. The maximum absolute atomic E-state index is 11.2. The lowest BCUT2D eigenvalue weighted by Crippen LogP contribution is -2.16. The molecule has 1 N–H and O–H groups in total.